The number of aliphatic imine (C=N–C) groups is 1. The van der Waals surface area contributed by atoms with Crippen molar-refractivity contribution in [1.29, 1.82) is 0 Å². The van der Waals surface area contributed by atoms with Gasteiger partial charge in [0.25, 0.3) is 0 Å². The number of benzene rings is 1. The van der Waals surface area contributed by atoms with E-state index < -0.39 is 5.60 Å². The topological polar surface area (TPSA) is 66.0 Å². The van der Waals surface area contributed by atoms with Crippen molar-refractivity contribution in [2.45, 2.75) is 39.8 Å². The van der Waals surface area contributed by atoms with E-state index in [-0.39, 0.29) is 42.4 Å². The van der Waals surface area contributed by atoms with Crippen LogP contribution in [0.2, 0.25) is 0 Å². The number of likely N-dealkylation sites (N-methyl/N-ethyl adjacent to an activating group) is 1. The van der Waals surface area contributed by atoms with Crippen molar-refractivity contribution in [3.63, 3.8) is 0 Å². The van der Waals surface area contributed by atoms with Crippen molar-refractivity contribution in [1.82, 2.24) is 15.5 Å². The second-order valence-electron chi connectivity index (χ2n) is 6.62. The van der Waals surface area contributed by atoms with Crippen LogP contribution >= 0.6 is 24.0 Å². The highest BCUT2D eigenvalue weighted by atomic mass is 127. The Morgan fingerprint density at radius 2 is 1.92 bits per heavy atom. The third kappa shape index (κ3) is 9.79. The van der Waals surface area contributed by atoms with Gasteiger partial charge in [0, 0.05) is 32.2 Å². The summed E-state index contributed by atoms with van der Waals surface area (Å²) in [4.78, 5) is 17.8. The van der Waals surface area contributed by atoms with E-state index in [1.807, 2.05) is 27.7 Å². The number of nitrogens with zero attached hydrogens (tertiary/aromatic N) is 2. The first-order valence-corrected chi connectivity index (χ1v) is 8.42. The Bertz CT molecular complexity index is 591. The lowest BCUT2D eigenvalue weighted by Gasteiger charge is -2.24. The van der Waals surface area contributed by atoms with Gasteiger partial charge in [0.05, 0.1) is 6.54 Å². The normalized spacial score (nSPS) is 11.4. The second-order valence-corrected chi connectivity index (χ2v) is 6.62. The maximum Gasteiger partial charge on any atom is 0.410 e. The van der Waals surface area contributed by atoms with Crippen LogP contribution in [0.5, 0.6) is 0 Å². The lowest BCUT2D eigenvalue weighted by Crippen LogP contribution is -2.43. The molecule has 1 aromatic rings. The molecule has 8 heteroatoms. The molecule has 0 aromatic heterocycles. The third-order valence-electron chi connectivity index (χ3n) is 3.15. The predicted octanol–water partition coefficient (Wildman–Crippen LogP) is 3.37. The molecule has 1 aromatic carbocycles. The highest BCUT2D eigenvalue weighted by Gasteiger charge is 2.19. The zero-order chi connectivity index (χ0) is 18.9. The van der Waals surface area contributed by atoms with Crippen LogP contribution in [0.1, 0.15) is 33.3 Å². The highest BCUT2D eigenvalue weighted by Crippen LogP contribution is 2.09. The summed E-state index contributed by atoms with van der Waals surface area (Å²) in [5.41, 5.74) is 0.0140. The smallest absolute Gasteiger partial charge is 0.410 e. The first kappa shape index (κ1) is 24.4. The maximum absolute atomic E-state index is 13.6. The zero-order valence-electron chi connectivity index (χ0n) is 16.1. The van der Waals surface area contributed by atoms with Gasteiger partial charge in [-0.3, -0.25) is 0 Å². The quantitative estimate of drug-likeness (QED) is 0.373. The minimum Gasteiger partial charge on any atom is -0.444 e. The number of carbonyl (C=O) groups is 1. The molecule has 0 unspecified atom stereocenters. The van der Waals surface area contributed by atoms with Gasteiger partial charge in [-0.15, -0.1) is 24.0 Å². The molecule has 0 radical (unpaired) electrons. The van der Waals surface area contributed by atoms with Gasteiger partial charge in [0.15, 0.2) is 5.96 Å². The summed E-state index contributed by atoms with van der Waals surface area (Å²) >= 11 is 0. The average Bonchev–Trinajstić information content (AvgIpc) is 2.52. The van der Waals surface area contributed by atoms with E-state index in [0.717, 1.165) is 0 Å². The van der Waals surface area contributed by atoms with E-state index in [0.29, 0.717) is 31.2 Å². The van der Waals surface area contributed by atoms with Crippen molar-refractivity contribution in [3.8, 4) is 0 Å². The van der Waals surface area contributed by atoms with Gasteiger partial charge in [0.1, 0.15) is 11.4 Å². The Balaban J connectivity index is 0.00000625. The van der Waals surface area contributed by atoms with Crippen LogP contribution in [-0.4, -0.2) is 49.2 Å². The Morgan fingerprint density at radius 1 is 1.27 bits per heavy atom. The number of hydrogen-bond donors (Lipinski definition) is 2. The van der Waals surface area contributed by atoms with Crippen LogP contribution in [0.15, 0.2) is 29.3 Å². The van der Waals surface area contributed by atoms with Gasteiger partial charge in [0.2, 0.25) is 0 Å². The van der Waals surface area contributed by atoms with Gasteiger partial charge in [-0.05, 0) is 33.8 Å². The van der Waals surface area contributed by atoms with Crippen molar-refractivity contribution in [3.05, 3.63) is 35.6 Å². The number of rotatable bonds is 6. The molecule has 0 saturated heterocycles. The minimum absolute atomic E-state index is 0. The van der Waals surface area contributed by atoms with Crippen molar-refractivity contribution in [2.24, 2.45) is 4.99 Å². The molecule has 0 atom stereocenters. The summed E-state index contributed by atoms with van der Waals surface area (Å²) in [5.74, 6) is 0.301. The number of halogens is 2. The van der Waals surface area contributed by atoms with E-state index in [1.165, 1.54) is 11.0 Å². The number of ether oxygens (including phenoxy) is 1. The van der Waals surface area contributed by atoms with Gasteiger partial charge in [-0.2, -0.15) is 0 Å². The Morgan fingerprint density at radius 3 is 2.50 bits per heavy atom. The van der Waals surface area contributed by atoms with E-state index in [1.54, 1.807) is 25.2 Å². The maximum atomic E-state index is 13.6. The molecule has 0 spiro atoms. The number of hydrogen-bond acceptors (Lipinski definition) is 3. The van der Waals surface area contributed by atoms with Crippen LogP contribution < -0.4 is 10.6 Å². The summed E-state index contributed by atoms with van der Waals surface area (Å²) in [6.07, 6.45) is -0.373. The monoisotopic (exact) mass is 480 g/mol. The number of carbonyl (C=O) groups excluding carboxylic acids is 1. The van der Waals surface area contributed by atoms with Crippen molar-refractivity contribution < 1.29 is 13.9 Å². The van der Waals surface area contributed by atoms with Crippen LogP contribution in [0, 0.1) is 5.82 Å². The van der Waals surface area contributed by atoms with E-state index in [2.05, 4.69) is 15.6 Å². The Kier molecular flexibility index (Phi) is 11.2. The van der Waals surface area contributed by atoms with Crippen molar-refractivity contribution in [2.75, 3.05) is 26.7 Å². The summed E-state index contributed by atoms with van der Waals surface area (Å²) in [5, 5.41) is 6.22. The molecule has 6 nitrogen and oxygen atoms in total. The van der Waals surface area contributed by atoms with Gasteiger partial charge >= 0.3 is 6.09 Å². The molecule has 0 bridgehead atoms. The molecule has 0 heterocycles. The van der Waals surface area contributed by atoms with Gasteiger partial charge < -0.3 is 20.3 Å². The summed E-state index contributed by atoms with van der Waals surface area (Å²) in [6, 6.07) is 6.56. The fraction of sp³-hybridized carbons (Fsp3) is 0.556. The average molecular weight is 480 g/mol. The SMILES string of the molecule is CCNC(=NCc1ccccc1F)NCCN(C)C(=O)OC(C)(C)C.I. The highest BCUT2D eigenvalue weighted by molar-refractivity contribution is 14.0. The lowest BCUT2D eigenvalue weighted by atomic mass is 10.2. The van der Waals surface area contributed by atoms with Crippen molar-refractivity contribution >= 4 is 36.0 Å². The molecule has 0 aliphatic carbocycles. The van der Waals surface area contributed by atoms with E-state index >= 15 is 0 Å². The molecular formula is C18H30FIN4O2. The molecule has 2 N–H and O–H groups in total. The number of nitrogens with one attached hydrogen (secondary N) is 2. The standard InChI is InChI=1S/C18H29FN4O2.HI/c1-6-20-16(22-13-14-9-7-8-10-15(14)19)21-11-12-23(5)17(24)25-18(2,3)4;/h7-10H,6,11-13H2,1-5H3,(H2,20,21,22);1H. The van der Waals surface area contributed by atoms with Crippen LogP contribution in [0.4, 0.5) is 9.18 Å². The summed E-state index contributed by atoms with van der Waals surface area (Å²) in [7, 11) is 1.68. The fourth-order valence-electron chi connectivity index (χ4n) is 1.91. The van der Waals surface area contributed by atoms with E-state index in [4.69, 9.17) is 4.74 Å². The first-order chi connectivity index (χ1) is 11.7. The molecule has 0 aliphatic heterocycles. The molecule has 26 heavy (non-hydrogen) atoms. The largest absolute Gasteiger partial charge is 0.444 e. The second kappa shape index (κ2) is 11.9. The molecule has 148 valence electrons. The Labute approximate surface area is 172 Å². The number of amides is 1. The van der Waals surface area contributed by atoms with Crippen LogP contribution in [-0.2, 0) is 11.3 Å². The first-order valence-electron chi connectivity index (χ1n) is 8.42. The van der Waals surface area contributed by atoms with Gasteiger partial charge in [-0.25, -0.2) is 14.2 Å². The van der Waals surface area contributed by atoms with Gasteiger partial charge in [-0.1, -0.05) is 18.2 Å². The van der Waals surface area contributed by atoms with Crippen LogP contribution in [0.3, 0.4) is 0 Å². The fourth-order valence-corrected chi connectivity index (χ4v) is 1.91. The Hall–Kier alpha value is -1.58. The summed E-state index contributed by atoms with van der Waals surface area (Å²) < 4.78 is 18.9. The van der Waals surface area contributed by atoms with E-state index in [9.17, 15) is 9.18 Å². The predicted molar refractivity (Wildman–Crippen MR) is 113 cm³/mol. The zero-order valence-corrected chi connectivity index (χ0v) is 18.5. The molecule has 0 aliphatic rings. The lowest BCUT2D eigenvalue weighted by molar-refractivity contribution is 0.0302. The summed E-state index contributed by atoms with van der Waals surface area (Å²) in [6.45, 7) is 9.32. The molecule has 0 fully saturated rings. The minimum atomic E-state index is -0.519. The molecule has 1 rings (SSSR count). The molecular weight excluding hydrogens is 450 g/mol. The molecule has 1 amide bonds. The van der Waals surface area contributed by atoms with Crippen LogP contribution in [0.25, 0.3) is 0 Å². The number of guanidine groups is 1. The molecule has 0 saturated carbocycles. The third-order valence-corrected chi connectivity index (χ3v) is 3.15.